The summed E-state index contributed by atoms with van der Waals surface area (Å²) in [6.45, 7) is 9.29. The van der Waals surface area contributed by atoms with Crippen molar-refractivity contribution in [1.29, 1.82) is 0 Å². The number of benzene rings is 1. The maximum absolute atomic E-state index is 7.55. The summed E-state index contributed by atoms with van der Waals surface area (Å²) in [5, 5.41) is 4.57. The topological polar surface area (TPSA) is 44.2 Å². The van der Waals surface area contributed by atoms with Crippen LogP contribution in [0.3, 0.4) is 0 Å². The quantitative estimate of drug-likeness (QED) is 0.0357. The van der Waals surface area contributed by atoms with Gasteiger partial charge in [-0.3, -0.25) is 0 Å². The number of rotatable bonds is 70. The molecule has 9 heteroatoms. The first-order valence-corrected chi connectivity index (χ1v) is 50.2. The second-order valence-corrected chi connectivity index (χ2v) is 37.9. The summed E-state index contributed by atoms with van der Waals surface area (Å²) in [5.74, 6) is 2.23. The van der Waals surface area contributed by atoms with Crippen molar-refractivity contribution in [3.05, 3.63) is 58.3 Å². The van der Waals surface area contributed by atoms with Gasteiger partial charge in [-0.05, 0) is 86.4 Å². The van der Waals surface area contributed by atoms with Gasteiger partial charge in [0.15, 0.2) is 0 Å². The van der Waals surface area contributed by atoms with Crippen molar-refractivity contribution in [1.82, 2.24) is 8.75 Å². The van der Waals surface area contributed by atoms with Crippen molar-refractivity contribution in [2.75, 3.05) is 0 Å². The monoisotopic (exact) mass is 1530 g/mol. The zero-order valence-electron chi connectivity index (χ0n) is 68.5. The fourth-order valence-corrected chi connectivity index (χ4v) is 22.9. The maximum atomic E-state index is 7.55. The van der Waals surface area contributed by atoms with Gasteiger partial charge < -0.3 is 9.47 Å². The number of hydrogen-bond acceptors (Lipinski definition) is 9. The summed E-state index contributed by atoms with van der Waals surface area (Å²) in [4.78, 5) is 8.16. The van der Waals surface area contributed by atoms with Gasteiger partial charge in [0, 0.05) is 32.0 Å². The molecule has 0 saturated carbocycles. The van der Waals surface area contributed by atoms with Crippen molar-refractivity contribution < 1.29 is 9.47 Å². The van der Waals surface area contributed by atoms with Crippen LogP contribution < -0.4 is 9.47 Å². The smallest absolute Gasteiger partial charge is 0.140 e. The number of ether oxygens (including phenoxy) is 2. The third-order valence-corrected chi connectivity index (χ3v) is 29.4. The molecular formula is C96H156N2O2S5. The second-order valence-electron chi connectivity index (χ2n) is 33.5. The van der Waals surface area contributed by atoms with E-state index in [1.807, 2.05) is 45.3 Å². The van der Waals surface area contributed by atoms with Gasteiger partial charge >= 0.3 is 0 Å². The molecule has 0 spiro atoms. The van der Waals surface area contributed by atoms with Gasteiger partial charge in [-0.2, -0.15) is 8.75 Å². The fraction of sp³-hybridized carbons (Fsp3) is 0.771. The van der Waals surface area contributed by atoms with Crippen LogP contribution in [0.1, 0.15) is 475 Å². The number of aromatic nitrogens is 2. The molecule has 7 heterocycles. The number of nitrogens with zero attached hydrogens (tertiary/aromatic N) is 2. The Morgan fingerprint density at radius 1 is 0.257 bits per heavy atom. The first kappa shape index (κ1) is 88.0. The first-order chi connectivity index (χ1) is 52.0. The van der Waals surface area contributed by atoms with Gasteiger partial charge in [-0.1, -0.05) is 425 Å². The third kappa shape index (κ3) is 31.5. The number of fused-ring (bicyclic) bond motifs is 7. The summed E-state index contributed by atoms with van der Waals surface area (Å²) < 4.78 is 25.6. The van der Waals surface area contributed by atoms with Crippen LogP contribution in [-0.2, 0) is 11.2 Å². The largest absolute Gasteiger partial charge is 0.481 e. The molecule has 0 saturated heterocycles. The Labute approximate surface area is 666 Å². The predicted octanol–water partition coefficient (Wildman–Crippen LogP) is 36.4. The lowest BCUT2D eigenvalue weighted by molar-refractivity contribution is 0.0395. The zero-order valence-corrected chi connectivity index (χ0v) is 72.5. The average molecular weight is 1530 g/mol. The molecule has 0 atom stereocenters. The van der Waals surface area contributed by atoms with Crippen LogP contribution in [0.5, 0.6) is 11.5 Å². The summed E-state index contributed by atoms with van der Waals surface area (Å²) in [5.41, 5.74) is 6.83. The molecule has 0 N–H and O–H groups in total. The van der Waals surface area contributed by atoms with Crippen LogP contribution in [0.2, 0.25) is 0 Å². The molecule has 592 valence electrons. The Morgan fingerprint density at radius 3 is 0.686 bits per heavy atom. The lowest BCUT2D eigenvalue weighted by Gasteiger charge is -2.38. The Kier molecular flexibility index (Phi) is 46.1. The summed E-state index contributed by atoms with van der Waals surface area (Å²) in [6, 6.07) is 14.6. The minimum absolute atomic E-state index is 0.312. The number of hydrogen-bond donors (Lipinski definition) is 0. The van der Waals surface area contributed by atoms with Gasteiger partial charge in [-0.15, -0.1) is 45.3 Å². The SMILES string of the molecule is CCCCCCCCCCCCCCCCCCC1(CCCCCCCCCCCCCCCCCC)Oc2ccsc2-c2sc(-c3ccc(-c4cc5c(s4)-c4sccc4OC5(CCCCCCCCCCCCCCCCCC)CCCCCCCCCCCCCCCCCC)c4nsnc34)cc21. The zero-order chi connectivity index (χ0) is 73.2. The Hall–Kier alpha value is -2.56. The predicted molar refractivity (Wildman–Crippen MR) is 472 cm³/mol. The Bertz CT molecular complexity index is 2810. The molecule has 0 amide bonds. The van der Waals surface area contributed by atoms with Crippen LogP contribution >= 0.6 is 57.1 Å². The van der Waals surface area contributed by atoms with Gasteiger partial charge in [-0.25, -0.2) is 0 Å². The molecule has 8 rings (SSSR count). The standard InChI is InChI=1S/C96H156N2O2S5/c1-5-9-13-17-21-25-29-33-37-41-45-49-53-57-61-65-73-95(74-66-62-58-54-50-46-42-38-34-30-26-22-18-14-10-6-2)83-79-87(103-91(83)93-85(99-95)71-77-101-93)81-69-70-82(90-89(81)97-105-98-90)88-80-84-92(104-88)94-86(72-78-102-94)100-96(84,75-67-63-59-55-51-47-43-39-35-31-27-23-19-15-11-7-3)76-68-64-60-56-52-48-44-40-36-32-28-24-20-16-12-8-4/h69-72,77-80H,5-68,73-76H2,1-4H3. The van der Waals surface area contributed by atoms with Crippen molar-refractivity contribution in [3.8, 4) is 51.9 Å². The van der Waals surface area contributed by atoms with Crippen LogP contribution in [-0.4, -0.2) is 8.75 Å². The van der Waals surface area contributed by atoms with Crippen LogP contribution in [0.25, 0.3) is 51.4 Å². The molecule has 0 unspecified atom stereocenters. The molecule has 6 aromatic rings. The summed E-state index contributed by atoms with van der Waals surface area (Å²) >= 11 is 9.13. The van der Waals surface area contributed by atoms with Crippen molar-refractivity contribution >= 4 is 68.1 Å². The third-order valence-electron chi connectivity index (χ3n) is 24.4. The molecule has 0 aliphatic carbocycles. The van der Waals surface area contributed by atoms with E-state index in [9.17, 15) is 0 Å². The van der Waals surface area contributed by atoms with Gasteiger partial charge in [0.25, 0.3) is 0 Å². The highest BCUT2D eigenvalue weighted by atomic mass is 32.1. The lowest BCUT2D eigenvalue weighted by Crippen LogP contribution is -2.35. The maximum Gasteiger partial charge on any atom is 0.140 e. The molecule has 4 nitrogen and oxygen atoms in total. The van der Waals surface area contributed by atoms with E-state index >= 15 is 0 Å². The van der Waals surface area contributed by atoms with Crippen LogP contribution in [0.4, 0.5) is 0 Å². The average Bonchev–Trinajstić information content (AvgIpc) is 1.59. The number of unbranched alkanes of at least 4 members (excludes halogenated alkanes) is 60. The molecule has 2 aliphatic rings. The van der Waals surface area contributed by atoms with E-state index in [0.29, 0.717) is 0 Å². The second kappa shape index (κ2) is 55.0. The van der Waals surface area contributed by atoms with E-state index in [0.717, 1.165) is 48.2 Å². The van der Waals surface area contributed by atoms with E-state index in [1.165, 1.54) is 474 Å². The molecule has 0 bridgehead atoms. The van der Waals surface area contributed by atoms with E-state index in [1.54, 1.807) is 0 Å². The first-order valence-electron chi connectivity index (χ1n) is 46.1. The van der Waals surface area contributed by atoms with E-state index in [4.69, 9.17) is 18.2 Å². The van der Waals surface area contributed by atoms with Crippen molar-refractivity contribution in [2.24, 2.45) is 0 Å². The van der Waals surface area contributed by atoms with Gasteiger partial charge in [0.1, 0.15) is 33.7 Å². The molecule has 0 radical (unpaired) electrons. The van der Waals surface area contributed by atoms with E-state index in [2.05, 4.69) is 74.9 Å². The highest BCUT2D eigenvalue weighted by Gasteiger charge is 2.44. The Morgan fingerprint density at radius 2 is 0.467 bits per heavy atom. The minimum atomic E-state index is -0.312. The summed E-state index contributed by atoms with van der Waals surface area (Å²) in [6.07, 6.45) is 93.6. The Balaban J connectivity index is 0.925. The molecule has 105 heavy (non-hydrogen) atoms. The molecular weight excluding hydrogens is 1370 g/mol. The van der Waals surface area contributed by atoms with Gasteiger partial charge in [0.05, 0.1) is 31.2 Å². The highest BCUT2D eigenvalue weighted by molar-refractivity contribution is 7.24. The van der Waals surface area contributed by atoms with E-state index < -0.39 is 0 Å². The number of thiophene rings is 4. The lowest BCUT2D eigenvalue weighted by atomic mass is 9.81. The van der Waals surface area contributed by atoms with Crippen molar-refractivity contribution in [2.45, 2.75) is 476 Å². The van der Waals surface area contributed by atoms with E-state index in [-0.39, 0.29) is 11.2 Å². The summed E-state index contributed by atoms with van der Waals surface area (Å²) in [7, 11) is 0. The van der Waals surface area contributed by atoms with Gasteiger partial charge in [0.2, 0.25) is 0 Å². The highest BCUT2D eigenvalue weighted by Crippen LogP contribution is 2.59. The van der Waals surface area contributed by atoms with Crippen LogP contribution in [0.15, 0.2) is 47.2 Å². The normalized spacial score (nSPS) is 13.6. The molecule has 5 aromatic heterocycles. The van der Waals surface area contributed by atoms with Crippen LogP contribution in [0, 0.1) is 0 Å². The molecule has 1 aromatic carbocycles. The fourth-order valence-electron chi connectivity index (χ4n) is 17.8. The van der Waals surface area contributed by atoms with Crippen molar-refractivity contribution in [3.63, 3.8) is 0 Å². The molecule has 0 fully saturated rings. The molecule has 2 aliphatic heterocycles. The minimum Gasteiger partial charge on any atom is -0.481 e.